The summed E-state index contributed by atoms with van der Waals surface area (Å²) in [6.07, 6.45) is 1.99. The van der Waals surface area contributed by atoms with Gasteiger partial charge in [-0.15, -0.1) is 0 Å². The van der Waals surface area contributed by atoms with Gasteiger partial charge in [0.1, 0.15) is 5.75 Å². The van der Waals surface area contributed by atoms with Gasteiger partial charge < -0.3 is 19.4 Å². The number of piperazine rings is 1. The largest absolute Gasteiger partial charge is 0.497 e. The van der Waals surface area contributed by atoms with E-state index in [1.54, 1.807) is 7.11 Å². The fourth-order valence-electron chi connectivity index (χ4n) is 5.27. The molecule has 6 nitrogen and oxygen atoms in total. The minimum Gasteiger partial charge on any atom is -0.497 e. The lowest BCUT2D eigenvalue weighted by Gasteiger charge is -2.36. The highest BCUT2D eigenvalue weighted by Gasteiger charge is 2.27. The molecule has 2 fully saturated rings. The first-order valence-corrected chi connectivity index (χ1v) is 12.7. The number of nitrogens with zero attached hydrogens (tertiary/aromatic N) is 3. The number of ether oxygens (including phenoxy) is 1. The zero-order valence-corrected chi connectivity index (χ0v) is 20.8. The van der Waals surface area contributed by atoms with Crippen molar-refractivity contribution in [3.63, 3.8) is 0 Å². The number of amides is 2. The Bertz CT molecular complexity index is 1190. The number of likely N-dealkylation sites (tertiary alicyclic amines) is 1. The van der Waals surface area contributed by atoms with Gasteiger partial charge in [-0.25, -0.2) is 0 Å². The molecule has 0 unspecified atom stereocenters. The minimum absolute atomic E-state index is 0.0826. The fourth-order valence-corrected chi connectivity index (χ4v) is 5.27. The summed E-state index contributed by atoms with van der Waals surface area (Å²) in [5, 5.41) is 0. The molecule has 2 aliphatic heterocycles. The Hall–Kier alpha value is -3.80. The monoisotopic (exact) mass is 483 g/mol. The smallest absolute Gasteiger partial charge is 0.253 e. The van der Waals surface area contributed by atoms with Crippen molar-refractivity contribution in [1.82, 2.24) is 9.80 Å². The van der Waals surface area contributed by atoms with Crippen LogP contribution in [-0.2, 0) is 0 Å². The molecule has 1 atom stereocenters. The number of anilines is 1. The van der Waals surface area contributed by atoms with Crippen LogP contribution in [0.3, 0.4) is 0 Å². The number of methoxy groups -OCH3 is 1. The van der Waals surface area contributed by atoms with Gasteiger partial charge in [0.25, 0.3) is 11.8 Å². The van der Waals surface area contributed by atoms with Crippen LogP contribution in [0.1, 0.15) is 45.0 Å². The molecule has 3 aromatic rings. The Labute approximate surface area is 213 Å². The second-order valence-corrected chi connectivity index (χ2v) is 9.56. The van der Waals surface area contributed by atoms with Gasteiger partial charge in [-0.1, -0.05) is 30.3 Å². The molecule has 0 spiro atoms. The second kappa shape index (κ2) is 10.9. The lowest BCUT2D eigenvalue weighted by atomic mass is 9.89. The summed E-state index contributed by atoms with van der Waals surface area (Å²) in [5.74, 6) is 1.26. The maximum absolute atomic E-state index is 13.3. The molecule has 5 rings (SSSR count). The van der Waals surface area contributed by atoms with Crippen LogP contribution >= 0.6 is 0 Å². The molecule has 0 bridgehead atoms. The summed E-state index contributed by atoms with van der Waals surface area (Å²) in [6, 6.07) is 25.6. The van der Waals surface area contributed by atoms with Crippen LogP contribution in [0.4, 0.5) is 5.69 Å². The highest BCUT2D eigenvalue weighted by Crippen LogP contribution is 2.29. The topological polar surface area (TPSA) is 53.1 Å². The second-order valence-electron chi connectivity index (χ2n) is 9.56. The van der Waals surface area contributed by atoms with E-state index in [9.17, 15) is 9.59 Å². The first-order valence-electron chi connectivity index (χ1n) is 12.7. The van der Waals surface area contributed by atoms with Gasteiger partial charge in [0.2, 0.25) is 0 Å². The Morgan fingerprint density at radius 2 is 1.44 bits per heavy atom. The molecule has 2 heterocycles. The zero-order chi connectivity index (χ0) is 24.9. The van der Waals surface area contributed by atoms with E-state index in [0.717, 1.165) is 60.6 Å². The quantitative estimate of drug-likeness (QED) is 0.529. The maximum atomic E-state index is 13.3. The Morgan fingerprint density at radius 3 is 2.17 bits per heavy atom. The molecular formula is C30H33N3O3. The van der Waals surface area contributed by atoms with E-state index in [1.807, 2.05) is 70.5 Å². The van der Waals surface area contributed by atoms with Crippen molar-refractivity contribution in [1.29, 1.82) is 0 Å². The number of piperidine rings is 1. The lowest BCUT2D eigenvalue weighted by molar-refractivity contribution is 0.0704. The van der Waals surface area contributed by atoms with Gasteiger partial charge in [-0.2, -0.15) is 0 Å². The lowest BCUT2D eigenvalue weighted by Crippen LogP contribution is -2.48. The number of hydrogen-bond acceptors (Lipinski definition) is 4. The first kappa shape index (κ1) is 23.9. The van der Waals surface area contributed by atoms with Crippen LogP contribution in [0.15, 0.2) is 78.9 Å². The molecule has 2 aliphatic rings. The molecule has 6 heteroatoms. The third kappa shape index (κ3) is 5.23. The van der Waals surface area contributed by atoms with Crippen molar-refractivity contribution in [3.8, 4) is 5.75 Å². The van der Waals surface area contributed by atoms with Crippen molar-refractivity contribution >= 4 is 17.5 Å². The standard InChI is InChI=1S/C30H33N3O3/c1-36-28-14-12-27(13-15-28)31-17-19-32(20-18-31)30(35)25-10-5-9-24(21-25)26-11-6-16-33(22-26)29(34)23-7-3-2-4-8-23/h2-5,7-10,12-15,21,26H,6,11,16-20,22H2,1H3/t26-/m0/s1. The number of carbonyl (C=O) groups is 2. The highest BCUT2D eigenvalue weighted by atomic mass is 16.5. The molecule has 0 N–H and O–H groups in total. The Kier molecular flexibility index (Phi) is 7.21. The summed E-state index contributed by atoms with van der Waals surface area (Å²) in [7, 11) is 1.67. The molecule has 186 valence electrons. The van der Waals surface area contributed by atoms with E-state index in [-0.39, 0.29) is 17.7 Å². The van der Waals surface area contributed by atoms with Crippen LogP contribution in [0.25, 0.3) is 0 Å². The summed E-state index contributed by atoms with van der Waals surface area (Å²) in [4.78, 5) is 32.5. The van der Waals surface area contributed by atoms with Crippen LogP contribution in [-0.4, -0.2) is 68.0 Å². The van der Waals surface area contributed by atoms with E-state index < -0.39 is 0 Å². The summed E-state index contributed by atoms with van der Waals surface area (Å²) in [5.41, 5.74) is 3.76. The van der Waals surface area contributed by atoms with Crippen molar-refractivity contribution in [3.05, 3.63) is 95.6 Å². The van der Waals surface area contributed by atoms with Crippen molar-refractivity contribution < 1.29 is 14.3 Å². The SMILES string of the molecule is COc1ccc(N2CCN(C(=O)c3cccc([C@H]4CCCN(C(=O)c5ccccc5)C4)c3)CC2)cc1. The first-order chi connectivity index (χ1) is 17.6. The highest BCUT2D eigenvalue weighted by molar-refractivity contribution is 5.95. The van der Waals surface area contributed by atoms with E-state index in [4.69, 9.17) is 4.74 Å². The maximum Gasteiger partial charge on any atom is 0.253 e. The van der Waals surface area contributed by atoms with Gasteiger partial charge in [0, 0.05) is 62.0 Å². The predicted octanol–water partition coefficient (Wildman–Crippen LogP) is 4.68. The average Bonchev–Trinajstić information content (AvgIpc) is 2.97. The van der Waals surface area contributed by atoms with E-state index in [1.165, 1.54) is 0 Å². The van der Waals surface area contributed by atoms with E-state index in [2.05, 4.69) is 23.1 Å². The Balaban J connectivity index is 1.22. The van der Waals surface area contributed by atoms with Crippen molar-refractivity contribution in [2.75, 3.05) is 51.3 Å². The number of hydrogen-bond donors (Lipinski definition) is 0. The molecule has 3 aromatic carbocycles. The third-order valence-electron chi connectivity index (χ3n) is 7.34. The number of benzene rings is 3. The summed E-state index contributed by atoms with van der Waals surface area (Å²) >= 11 is 0. The molecule has 0 radical (unpaired) electrons. The van der Waals surface area contributed by atoms with Crippen LogP contribution in [0.2, 0.25) is 0 Å². The molecule has 36 heavy (non-hydrogen) atoms. The van der Waals surface area contributed by atoms with Crippen LogP contribution in [0.5, 0.6) is 5.75 Å². The summed E-state index contributed by atoms with van der Waals surface area (Å²) in [6.45, 7) is 4.46. The van der Waals surface area contributed by atoms with Gasteiger partial charge >= 0.3 is 0 Å². The molecular weight excluding hydrogens is 450 g/mol. The van der Waals surface area contributed by atoms with Gasteiger partial charge in [-0.3, -0.25) is 9.59 Å². The molecule has 0 saturated carbocycles. The van der Waals surface area contributed by atoms with Crippen molar-refractivity contribution in [2.24, 2.45) is 0 Å². The molecule has 0 aromatic heterocycles. The number of rotatable bonds is 5. The fraction of sp³-hybridized carbons (Fsp3) is 0.333. The van der Waals surface area contributed by atoms with E-state index >= 15 is 0 Å². The van der Waals surface area contributed by atoms with E-state index in [0.29, 0.717) is 19.6 Å². The molecule has 2 amide bonds. The van der Waals surface area contributed by atoms with Crippen molar-refractivity contribution in [2.45, 2.75) is 18.8 Å². The van der Waals surface area contributed by atoms with Gasteiger partial charge in [0.15, 0.2) is 0 Å². The molecule has 0 aliphatic carbocycles. The third-order valence-corrected chi connectivity index (χ3v) is 7.34. The van der Waals surface area contributed by atoms with Crippen LogP contribution < -0.4 is 9.64 Å². The Morgan fingerprint density at radius 1 is 0.750 bits per heavy atom. The number of carbonyl (C=O) groups excluding carboxylic acids is 2. The van der Waals surface area contributed by atoms with Crippen LogP contribution in [0, 0.1) is 0 Å². The normalized spacial score (nSPS) is 18.1. The minimum atomic E-state index is 0.0826. The van der Waals surface area contributed by atoms with Gasteiger partial charge in [-0.05, 0) is 66.9 Å². The van der Waals surface area contributed by atoms with Gasteiger partial charge in [0.05, 0.1) is 7.11 Å². The average molecular weight is 484 g/mol. The molecule has 2 saturated heterocycles. The zero-order valence-electron chi connectivity index (χ0n) is 20.8. The summed E-state index contributed by atoms with van der Waals surface area (Å²) < 4.78 is 5.25. The predicted molar refractivity (Wildman–Crippen MR) is 142 cm³/mol.